The summed E-state index contributed by atoms with van der Waals surface area (Å²) in [5, 5.41) is 2.87. The summed E-state index contributed by atoms with van der Waals surface area (Å²) in [7, 11) is 0. The predicted octanol–water partition coefficient (Wildman–Crippen LogP) is 2.86. The van der Waals surface area contributed by atoms with Crippen LogP contribution >= 0.6 is 22.6 Å². The van der Waals surface area contributed by atoms with Gasteiger partial charge in [0.15, 0.2) is 11.5 Å². The Morgan fingerprint density at radius 1 is 1.14 bits per heavy atom. The fourth-order valence-corrected chi connectivity index (χ4v) is 2.43. The molecule has 2 aromatic rings. The van der Waals surface area contributed by atoms with E-state index in [-0.39, 0.29) is 12.0 Å². The summed E-state index contributed by atoms with van der Waals surface area (Å²) in [6, 6.07) is 15.0. The average molecular weight is 395 g/mol. The highest BCUT2D eigenvalue weighted by molar-refractivity contribution is 14.1. The third-order valence-corrected chi connectivity index (χ3v) is 3.88. The first-order chi connectivity index (χ1) is 10.2. The van der Waals surface area contributed by atoms with Crippen molar-refractivity contribution in [3.63, 3.8) is 0 Å². The summed E-state index contributed by atoms with van der Waals surface area (Å²) in [5.74, 6) is 1.36. The van der Waals surface area contributed by atoms with Gasteiger partial charge in [-0.1, -0.05) is 12.1 Å². The number of benzene rings is 2. The van der Waals surface area contributed by atoms with Crippen molar-refractivity contribution in [3.05, 3.63) is 57.7 Å². The molecule has 0 aromatic heterocycles. The molecule has 5 heteroatoms. The Bertz CT molecular complexity index is 642. The van der Waals surface area contributed by atoms with E-state index in [4.69, 9.17) is 9.47 Å². The van der Waals surface area contributed by atoms with Crippen molar-refractivity contribution in [1.29, 1.82) is 0 Å². The molecule has 0 radical (unpaired) electrons. The Labute approximate surface area is 136 Å². The smallest absolute Gasteiger partial charge is 0.251 e. The summed E-state index contributed by atoms with van der Waals surface area (Å²) >= 11 is 2.21. The maximum absolute atomic E-state index is 12.0. The molecule has 0 saturated carbocycles. The molecule has 1 atom stereocenters. The second-order valence-corrected chi connectivity index (χ2v) is 5.96. The van der Waals surface area contributed by atoms with Crippen LogP contribution in [0.3, 0.4) is 0 Å². The number of rotatable bonds is 3. The van der Waals surface area contributed by atoms with Crippen molar-refractivity contribution in [2.24, 2.45) is 0 Å². The number of halogens is 1. The minimum Gasteiger partial charge on any atom is -0.486 e. The van der Waals surface area contributed by atoms with Gasteiger partial charge in [0.05, 0.1) is 6.54 Å². The van der Waals surface area contributed by atoms with Crippen LogP contribution in [0.4, 0.5) is 0 Å². The van der Waals surface area contributed by atoms with E-state index in [1.54, 1.807) is 0 Å². The molecule has 0 bridgehead atoms. The van der Waals surface area contributed by atoms with Crippen molar-refractivity contribution in [1.82, 2.24) is 5.32 Å². The third kappa shape index (κ3) is 3.47. The monoisotopic (exact) mass is 395 g/mol. The van der Waals surface area contributed by atoms with E-state index >= 15 is 0 Å². The van der Waals surface area contributed by atoms with Gasteiger partial charge in [-0.05, 0) is 59.0 Å². The number of hydrogen-bond acceptors (Lipinski definition) is 3. The van der Waals surface area contributed by atoms with Crippen molar-refractivity contribution in [3.8, 4) is 11.5 Å². The zero-order chi connectivity index (χ0) is 14.7. The molecule has 2 aromatic carbocycles. The van der Waals surface area contributed by atoms with Crippen molar-refractivity contribution in [2.75, 3.05) is 13.2 Å². The van der Waals surface area contributed by atoms with Gasteiger partial charge in [-0.25, -0.2) is 0 Å². The lowest BCUT2D eigenvalue weighted by Crippen LogP contribution is -2.40. The molecule has 1 unspecified atom stereocenters. The van der Waals surface area contributed by atoms with Gasteiger partial charge in [-0.2, -0.15) is 0 Å². The summed E-state index contributed by atoms with van der Waals surface area (Å²) < 4.78 is 12.5. The summed E-state index contributed by atoms with van der Waals surface area (Å²) in [6.07, 6.45) is -0.173. The molecule has 108 valence electrons. The molecule has 21 heavy (non-hydrogen) atoms. The number of hydrogen-bond donors (Lipinski definition) is 1. The molecule has 0 saturated heterocycles. The van der Waals surface area contributed by atoms with Gasteiger partial charge in [0, 0.05) is 9.13 Å². The van der Waals surface area contributed by atoms with Gasteiger partial charge >= 0.3 is 0 Å². The van der Waals surface area contributed by atoms with E-state index in [1.165, 1.54) is 0 Å². The first-order valence-corrected chi connectivity index (χ1v) is 7.72. The minimum absolute atomic E-state index is 0.103. The zero-order valence-corrected chi connectivity index (χ0v) is 13.4. The Morgan fingerprint density at radius 2 is 1.86 bits per heavy atom. The fraction of sp³-hybridized carbons (Fsp3) is 0.188. The van der Waals surface area contributed by atoms with Crippen LogP contribution in [-0.2, 0) is 0 Å². The van der Waals surface area contributed by atoms with Crippen LogP contribution in [0.5, 0.6) is 11.5 Å². The van der Waals surface area contributed by atoms with Gasteiger partial charge in [0.2, 0.25) is 0 Å². The highest BCUT2D eigenvalue weighted by atomic mass is 127. The van der Waals surface area contributed by atoms with Gasteiger partial charge in [-0.15, -0.1) is 0 Å². The van der Waals surface area contributed by atoms with Crippen molar-refractivity contribution in [2.45, 2.75) is 6.10 Å². The minimum atomic E-state index is -0.173. The maximum atomic E-state index is 12.0. The lowest BCUT2D eigenvalue weighted by atomic mass is 10.2. The number of fused-ring (bicyclic) bond motifs is 1. The third-order valence-electron chi connectivity index (χ3n) is 3.16. The van der Waals surface area contributed by atoms with Crippen LogP contribution in [0, 0.1) is 3.57 Å². The molecule has 0 aliphatic carbocycles. The van der Waals surface area contributed by atoms with E-state index in [0.717, 1.165) is 15.1 Å². The molecule has 4 nitrogen and oxygen atoms in total. The SMILES string of the molecule is O=C(NCC1COc2ccccc2O1)c1ccc(I)cc1. The highest BCUT2D eigenvalue weighted by Crippen LogP contribution is 2.30. The maximum Gasteiger partial charge on any atom is 0.251 e. The molecule has 3 rings (SSSR count). The van der Waals surface area contributed by atoms with Crippen molar-refractivity contribution < 1.29 is 14.3 Å². The van der Waals surface area contributed by atoms with Crippen LogP contribution in [0.25, 0.3) is 0 Å². The summed E-state index contributed by atoms with van der Waals surface area (Å²) in [4.78, 5) is 12.0. The molecule has 0 spiro atoms. The average Bonchev–Trinajstić information content (AvgIpc) is 2.53. The molecular weight excluding hydrogens is 381 g/mol. The van der Waals surface area contributed by atoms with Gasteiger partial charge in [0.1, 0.15) is 12.7 Å². The van der Waals surface area contributed by atoms with E-state index in [0.29, 0.717) is 18.7 Å². The van der Waals surface area contributed by atoms with Crippen molar-refractivity contribution >= 4 is 28.5 Å². The highest BCUT2D eigenvalue weighted by Gasteiger charge is 2.21. The first kappa shape index (κ1) is 14.2. The number of para-hydroxylation sites is 2. The Morgan fingerprint density at radius 3 is 2.62 bits per heavy atom. The zero-order valence-electron chi connectivity index (χ0n) is 11.2. The number of ether oxygens (including phenoxy) is 2. The number of carbonyl (C=O) groups excluding carboxylic acids is 1. The molecule has 1 aliphatic rings. The fourth-order valence-electron chi connectivity index (χ4n) is 2.07. The van der Waals surface area contributed by atoms with Crippen LogP contribution < -0.4 is 14.8 Å². The molecule has 1 heterocycles. The molecular formula is C16H14INO3. The Balaban J connectivity index is 1.56. The van der Waals surface area contributed by atoms with Crippen LogP contribution in [-0.4, -0.2) is 25.2 Å². The molecule has 1 amide bonds. The molecule has 0 fully saturated rings. The standard InChI is InChI=1S/C16H14INO3/c17-12-7-5-11(6-8-12)16(19)18-9-13-10-20-14-3-1-2-4-15(14)21-13/h1-8,13H,9-10H2,(H,18,19). The number of amides is 1. The van der Waals surface area contributed by atoms with Gasteiger partial charge < -0.3 is 14.8 Å². The lowest BCUT2D eigenvalue weighted by Gasteiger charge is -2.26. The van der Waals surface area contributed by atoms with E-state index in [9.17, 15) is 4.79 Å². The van der Waals surface area contributed by atoms with Gasteiger partial charge in [0.25, 0.3) is 5.91 Å². The summed E-state index contributed by atoms with van der Waals surface area (Å²) in [5.41, 5.74) is 0.646. The van der Waals surface area contributed by atoms with Crippen LogP contribution in [0.1, 0.15) is 10.4 Å². The van der Waals surface area contributed by atoms with E-state index in [2.05, 4.69) is 27.9 Å². The van der Waals surface area contributed by atoms with Crippen LogP contribution in [0.15, 0.2) is 48.5 Å². The normalized spacial score (nSPS) is 16.3. The molecule has 1 aliphatic heterocycles. The largest absolute Gasteiger partial charge is 0.486 e. The lowest BCUT2D eigenvalue weighted by molar-refractivity contribution is 0.0789. The number of nitrogens with one attached hydrogen (secondary N) is 1. The topological polar surface area (TPSA) is 47.6 Å². The predicted molar refractivity (Wildman–Crippen MR) is 87.8 cm³/mol. The second-order valence-electron chi connectivity index (χ2n) is 4.71. The second kappa shape index (κ2) is 6.34. The summed E-state index contributed by atoms with van der Waals surface area (Å²) in [6.45, 7) is 0.850. The number of carbonyl (C=O) groups is 1. The van der Waals surface area contributed by atoms with Crippen LogP contribution in [0.2, 0.25) is 0 Å². The Hall–Kier alpha value is -1.76. The van der Waals surface area contributed by atoms with E-state index < -0.39 is 0 Å². The molecule has 1 N–H and O–H groups in total. The van der Waals surface area contributed by atoms with Gasteiger partial charge in [-0.3, -0.25) is 4.79 Å². The van der Waals surface area contributed by atoms with E-state index in [1.807, 2.05) is 48.5 Å². The quantitative estimate of drug-likeness (QED) is 0.814. The first-order valence-electron chi connectivity index (χ1n) is 6.64. The Kier molecular flexibility index (Phi) is 4.28.